The van der Waals surface area contributed by atoms with Gasteiger partial charge in [-0.3, -0.25) is 15.0 Å². The maximum atomic E-state index is 16.4. The number of benzene rings is 1. The summed E-state index contributed by atoms with van der Waals surface area (Å²) in [6, 6.07) is 1.96. The molecule has 3 fully saturated rings. The summed E-state index contributed by atoms with van der Waals surface area (Å²) < 4.78 is 37.0. The Balaban J connectivity index is 1.35. The lowest BCUT2D eigenvalue weighted by atomic mass is 9.95. The summed E-state index contributed by atoms with van der Waals surface area (Å²) in [4.78, 5) is 18.1. The minimum Gasteiger partial charge on any atom is -0.461 e. The van der Waals surface area contributed by atoms with Crippen molar-refractivity contribution < 1.29 is 13.5 Å². The van der Waals surface area contributed by atoms with E-state index in [1.54, 1.807) is 12.4 Å². The zero-order valence-electron chi connectivity index (χ0n) is 21.6. The molecule has 2 atom stereocenters. The Morgan fingerprint density at radius 3 is 2.87 bits per heavy atom. The molecule has 3 aliphatic heterocycles. The predicted octanol–water partition coefficient (Wildman–Crippen LogP) is 4.03. The molecule has 3 aliphatic rings. The molecule has 0 amide bonds. The maximum absolute atomic E-state index is 16.4. The van der Waals surface area contributed by atoms with Crippen LogP contribution in [0.2, 0.25) is 5.02 Å². The van der Waals surface area contributed by atoms with Gasteiger partial charge in [-0.15, -0.1) is 0 Å². The Morgan fingerprint density at radius 1 is 1.18 bits per heavy atom. The van der Waals surface area contributed by atoms with Gasteiger partial charge in [0.25, 0.3) is 0 Å². The molecule has 204 valence electrons. The highest BCUT2D eigenvalue weighted by Gasteiger charge is 2.49. The summed E-state index contributed by atoms with van der Waals surface area (Å²) in [5.41, 5.74) is 1.82. The molecule has 1 aromatic carbocycles. The molecule has 0 aliphatic carbocycles. The van der Waals surface area contributed by atoms with E-state index >= 15 is 4.39 Å². The van der Waals surface area contributed by atoms with E-state index in [-0.39, 0.29) is 29.4 Å². The maximum Gasteiger partial charge on any atom is 0.319 e. The highest BCUT2D eigenvalue weighted by Crippen LogP contribution is 2.42. The van der Waals surface area contributed by atoms with Crippen LogP contribution in [0, 0.1) is 12.7 Å². The minimum absolute atomic E-state index is 0.0828. The van der Waals surface area contributed by atoms with E-state index in [2.05, 4.69) is 35.3 Å². The van der Waals surface area contributed by atoms with E-state index in [0.29, 0.717) is 53.2 Å². The quantitative estimate of drug-likeness (QED) is 0.382. The first-order chi connectivity index (χ1) is 18.9. The highest BCUT2D eigenvalue weighted by atomic mass is 35.5. The van der Waals surface area contributed by atoms with Crippen molar-refractivity contribution in [3.8, 4) is 17.3 Å². The number of fused-ring (bicyclic) bond motifs is 3. The van der Waals surface area contributed by atoms with E-state index < -0.39 is 12.0 Å². The number of piperazine rings is 1. The van der Waals surface area contributed by atoms with Crippen LogP contribution in [0.15, 0.2) is 18.5 Å². The lowest BCUT2D eigenvalue weighted by Gasteiger charge is -2.31. The number of rotatable bonds is 5. The molecule has 3 saturated heterocycles. The molecule has 4 aromatic rings. The Morgan fingerprint density at radius 2 is 2.03 bits per heavy atom. The highest BCUT2D eigenvalue weighted by molar-refractivity contribution is 6.35. The molecule has 0 unspecified atom stereocenters. The normalized spacial score (nSPS) is 23.7. The number of H-pyrrole nitrogens is 1. The van der Waals surface area contributed by atoms with E-state index in [1.807, 2.05) is 13.0 Å². The van der Waals surface area contributed by atoms with Crippen LogP contribution in [0.5, 0.6) is 6.01 Å². The summed E-state index contributed by atoms with van der Waals surface area (Å²) in [6.45, 7) is 6.38. The van der Waals surface area contributed by atoms with Gasteiger partial charge in [-0.05, 0) is 37.9 Å². The van der Waals surface area contributed by atoms with Crippen molar-refractivity contribution in [1.82, 2.24) is 35.4 Å². The number of anilines is 1. The van der Waals surface area contributed by atoms with E-state index in [1.165, 1.54) is 0 Å². The first kappa shape index (κ1) is 24.9. The molecule has 0 saturated carbocycles. The Labute approximate surface area is 228 Å². The minimum atomic E-state index is -0.868. The summed E-state index contributed by atoms with van der Waals surface area (Å²) in [6.07, 6.45) is 4.66. The zero-order chi connectivity index (χ0) is 26.7. The Bertz CT molecular complexity index is 1570. The fourth-order valence-corrected chi connectivity index (χ4v) is 6.70. The molecular weight excluding hydrogens is 526 g/mol. The number of pyridine rings is 1. The number of nitrogens with zero attached hydrogens (tertiary/aromatic N) is 6. The summed E-state index contributed by atoms with van der Waals surface area (Å²) in [5.74, 6) is -0.0229. The molecule has 0 bridgehead atoms. The fraction of sp³-hybridized carbons (Fsp3) is 0.481. The van der Waals surface area contributed by atoms with Crippen LogP contribution in [-0.4, -0.2) is 87.6 Å². The van der Waals surface area contributed by atoms with E-state index in [9.17, 15) is 4.39 Å². The molecule has 7 rings (SSSR count). The van der Waals surface area contributed by atoms with Crippen LogP contribution in [0.25, 0.3) is 33.1 Å². The van der Waals surface area contributed by atoms with Gasteiger partial charge in [0.05, 0.1) is 27.7 Å². The van der Waals surface area contributed by atoms with Crippen LogP contribution in [0.1, 0.15) is 24.8 Å². The van der Waals surface area contributed by atoms with E-state index in [4.69, 9.17) is 21.3 Å². The average molecular weight is 555 g/mol. The lowest BCUT2D eigenvalue weighted by molar-refractivity contribution is 0.107. The first-order valence-corrected chi connectivity index (χ1v) is 13.8. The third-order valence-electron chi connectivity index (χ3n) is 8.39. The van der Waals surface area contributed by atoms with Crippen molar-refractivity contribution in [3.05, 3.63) is 34.9 Å². The van der Waals surface area contributed by atoms with Crippen LogP contribution in [0.3, 0.4) is 0 Å². The van der Waals surface area contributed by atoms with Crippen LogP contribution >= 0.6 is 11.6 Å². The summed E-state index contributed by atoms with van der Waals surface area (Å²) >= 11 is 6.70. The van der Waals surface area contributed by atoms with Gasteiger partial charge in [0, 0.05) is 56.3 Å². The number of aryl methyl sites for hydroxylation is 1. The molecule has 0 radical (unpaired) electrons. The second-order valence-corrected chi connectivity index (χ2v) is 11.2. The van der Waals surface area contributed by atoms with Crippen LogP contribution in [0.4, 0.5) is 14.6 Å². The average Bonchev–Trinajstić information content (AvgIpc) is 3.63. The molecule has 2 N–H and O–H groups in total. The van der Waals surface area contributed by atoms with Gasteiger partial charge in [0.1, 0.15) is 29.8 Å². The predicted molar refractivity (Wildman–Crippen MR) is 146 cm³/mol. The summed E-state index contributed by atoms with van der Waals surface area (Å²) in [5, 5.41) is 12.0. The molecule has 3 aromatic heterocycles. The molecule has 9 nitrogen and oxygen atoms in total. The Kier molecular flexibility index (Phi) is 6.05. The molecule has 6 heterocycles. The van der Waals surface area contributed by atoms with Gasteiger partial charge in [-0.2, -0.15) is 15.1 Å². The molecular formula is C27H29ClF2N8O. The number of aromatic nitrogens is 5. The second-order valence-electron chi connectivity index (χ2n) is 10.8. The van der Waals surface area contributed by atoms with Gasteiger partial charge in [0.15, 0.2) is 5.82 Å². The van der Waals surface area contributed by atoms with E-state index in [0.717, 1.165) is 43.6 Å². The van der Waals surface area contributed by atoms with Crippen molar-refractivity contribution in [3.63, 3.8) is 0 Å². The zero-order valence-corrected chi connectivity index (χ0v) is 22.4. The lowest BCUT2D eigenvalue weighted by Crippen LogP contribution is -2.44. The van der Waals surface area contributed by atoms with Crippen LogP contribution < -0.4 is 15.0 Å². The number of aromatic amines is 1. The third-order valence-corrected chi connectivity index (χ3v) is 8.88. The number of alkyl halides is 1. The molecule has 0 spiro atoms. The van der Waals surface area contributed by atoms with Gasteiger partial charge >= 0.3 is 6.01 Å². The number of halogens is 3. The number of hydrogen-bond donors (Lipinski definition) is 2. The fourth-order valence-electron chi connectivity index (χ4n) is 6.46. The van der Waals surface area contributed by atoms with Crippen molar-refractivity contribution in [2.45, 2.75) is 37.9 Å². The van der Waals surface area contributed by atoms with Gasteiger partial charge in [-0.25, -0.2) is 8.78 Å². The van der Waals surface area contributed by atoms with Crippen LogP contribution in [-0.2, 0) is 0 Å². The topological polar surface area (TPSA) is 95.1 Å². The standard InChI is InChI=1S/C27H29ClF2N8O/c1-15-9-19-17(12-33-36-19)20(21(15)28)24-22(30)23-18(11-32-24)25(37-7-4-31-5-8-37)35-26(34-23)39-14-27-3-2-6-38(27)13-16(29)10-27/h9,11-12,16,31H,2-8,10,13-14H2,1H3,(H,33,36)/t16-,27+/m1/s1. The number of hydrogen-bond acceptors (Lipinski definition) is 8. The largest absolute Gasteiger partial charge is 0.461 e. The number of nitrogens with one attached hydrogen (secondary N) is 2. The Hall–Kier alpha value is -3.15. The van der Waals surface area contributed by atoms with Gasteiger partial charge in [0.2, 0.25) is 0 Å². The summed E-state index contributed by atoms with van der Waals surface area (Å²) in [7, 11) is 0. The van der Waals surface area contributed by atoms with Crippen molar-refractivity contribution >= 4 is 39.2 Å². The second kappa shape index (κ2) is 9.50. The van der Waals surface area contributed by atoms with Crippen molar-refractivity contribution in [1.29, 1.82) is 0 Å². The van der Waals surface area contributed by atoms with Gasteiger partial charge in [-0.1, -0.05) is 11.6 Å². The monoisotopic (exact) mass is 554 g/mol. The van der Waals surface area contributed by atoms with Gasteiger partial charge < -0.3 is 15.0 Å². The first-order valence-electron chi connectivity index (χ1n) is 13.4. The third kappa shape index (κ3) is 4.09. The SMILES string of the molecule is Cc1cc2[nH]ncc2c(-c2ncc3c(N4CCNCC4)nc(OC[C@@]45CCCN4C[C@H](F)C5)nc3c2F)c1Cl. The molecule has 12 heteroatoms. The van der Waals surface area contributed by atoms with Crippen molar-refractivity contribution in [2.24, 2.45) is 0 Å². The number of ether oxygens (including phenoxy) is 1. The molecule has 39 heavy (non-hydrogen) atoms. The van der Waals surface area contributed by atoms with Crippen molar-refractivity contribution in [2.75, 3.05) is 50.8 Å². The smallest absolute Gasteiger partial charge is 0.319 e.